The SMILES string of the molecule is CNC(=O)CNC1CNC(=O)C1. The smallest absolute Gasteiger partial charge is 0.233 e. The van der Waals surface area contributed by atoms with Crippen molar-refractivity contribution in [3.05, 3.63) is 0 Å². The zero-order valence-corrected chi connectivity index (χ0v) is 7.02. The van der Waals surface area contributed by atoms with Gasteiger partial charge in [-0.1, -0.05) is 0 Å². The summed E-state index contributed by atoms with van der Waals surface area (Å²) in [4.78, 5) is 21.5. The van der Waals surface area contributed by atoms with Gasteiger partial charge in [-0.3, -0.25) is 9.59 Å². The molecule has 0 aromatic rings. The van der Waals surface area contributed by atoms with E-state index in [1.165, 1.54) is 0 Å². The number of hydrogen-bond donors (Lipinski definition) is 3. The molecule has 0 aliphatic carbocycles. The first kappa shape index (κ1) is 8.99. The average Bonchev–Trinajstić information content (AvgIpc) is 2.47. The van der Waals surface area contributed by atoms with Gasteiger partial charge in [0.25, 0.3) is 0 Å². The third kappa shape index (κ3) is 2.50. The summed E-state index contributed by atoms with van der Waals surface area (Å²) in [6.07, 6.45) is 0.469. The van der Waals surface area contributed by atoms with Gasteiger partial charge in [0, 0.05) is 26.1 Å². The number of likely N-dealkylation sites (N-methyl/N-ethyl adjacent to an activating group) is 1. The number of nitrogens with one attached hydrogen (secondary N) is 3. The van der Waals surface area contributed by atoms with Crippen LogP contribution in [0.1, 0.15) is 6.42 Å². The van der Waals surface area contributed by atoms with Crippen molar-refractivity contribution in [2.45, 2.75) is 12.5 Å². The van der Waals surface area contributed by atoms with Crippen LogP contribution in [0.5, 0.6) is 0 Å². The van der Waals surface area contributed by atoms with Crippen molar-refractivity contribution < 1.29 is 9.59 Å². The van der Waals surface area contributed by atoms with Gasteiger partial charge in [-0.25, -0.2) is 0 Å². The van der Waals surface area contributed by atoms with E-state index >= 15 is 0 Å². The zero-order chi connectivity index (χ0) is 8.97. The molecule has 0 radical (unpaired) electrons. The highest BCUT2D eigenvalue weighted by Gasteiger charge is 2.20. The second-order valence-electron chi connectivity index (χ2n) is 2.76. The average molecular weight is 171 g/mol. The Hall–Kier alpha value is -1.10. The topological polar surface area (TPSA) is 70.2 Å². The summed E-state index contributed by atoms with van der Waals surface area (Å²) in [5.41, 5.74) is 0. The molecule has 1 fully saturated rings. The van der Waals surface area contributed by atoms with Crippen molar-refractivity contribution in [3.8, 4) is 0 Å². The molecule has 3 N–H and O–H groups in total. The summed E-state index contributed by atoms with van der Waals surface area (Å²) >= 11 is 0. The van der Waals surface area contributed by atoms with Crippen LogP contribution in [0.25, 0.3) is 0 Å². The highest BCUT2D eigenvalue weighted by molar-refractivity contribution is 5.80. The standard InChI is InChI=1S/C7H13N3O2/c1-8-7(12)4-9-5-2-6(11)10-3-5/h5,9H,2-4H2,1H3,(H,8,12)(H,10,11). The minimum Gasteiger partial charge on any atom is -0.358 e. The Morgan fingerprint density at radius 3 is 3.00 bits per heavy atom. The second-order valence-corrected chi connectivity index (χ2v) is 2.76. The lowest BCUT2D eigenvalue weighted by molar-refractivity contribution is -0.121. The van der Waals surface area contributed by atoms with Crippen LogP contribution >= 0.6 is 0 Å². The normalized spacial score (nSPS) is 22.1. The summed E-state index contributed by atoms with van der Waals surface area (Å²) in [5, 5.41) is 8.14. The van der Waals surface area contributed by atoms with E-state index in [2.05, 4.69) is 16.0 Å². The van der Waals surface area contributed by atoms with E-state index in [9.17, 15) is 9.59 Å². The first-order chi connectivity index (χ1) is 5.72. The molecule has 68 valence electrons. The lowest BCUT2D eigenvalue weighted by Crippen LogP contribution is -2.38. The van der Waals surface area contributed by atoms with E-state index in [1.54, 1.807) is 7.05 Å². The summed E-state index contributed by atoms with van der Waals surface area (Å²) < 4.78 is 0. The third-order valence-corrected chi connectivity index (χ3v) is 1.81. The van der Waals surface area contributed by atoms with Gasteiger partial charge in [0.2, 0.25) is 11.8 Å². The Kier molecular flexibility index (Phi) is 3.04. The molecular formula is C7H13N3O2. The van der Waals surface area contributed by atoms with E-state index in [-0.39, 0.29) is 24.4 Å². The molecule has 1 heterocycles. The predicted molar refractivity (Wildman–Crippen MR) is 43.5 cm³/mol. The van der Waals surface area contributed by atoms with Gasteiger partial charge in [-0.05, 0) is 0 Å². The number of amides is 2. The Bertz CT molecular complexity index is 193. The maximum atomic E-state index is 10.8. The molecule has 0 aromatic heterocycles. The maximum Gasteiger partial charge on any atom is 0.233 e. The Balaban J connectivity index is 2.16. The van der Waals surface area contributed by atoms with E-state index < -0.39 is 0 Å². The fourth-order valence-electron chi connectivity index (χ4n) is 1.07. The van der Waals surface area contributed by atoms with Crippen molar-refractivity contribution in [2.75, 3.05) is 20.1 Å². The molecular weight excluding hydrogens is 158 g/mol. The molecule has 0 saturated carbocycles. The Morgan fingerprint density at radius 2 is 2.50 bits per heavy atom. The summed E-state index contributed by atoms with van der Waals surface area (Å²) in [7, 11) is 1.59. The highest BCUT2D eigenvalue weighted by atomic mass is 16.2. The lowest BCUT2D eigenvalue weighted by Gasteiger charge is -2.08. The van der Waals surface area contributed by atoms with Crippen LogP contribution in [0.2, 0.25) is 0 Å². The van der Waals surface area contributed by atoms with Crippen LogP contribution in [0.3, 0.4) is 0 Å². The zero-order valence-electron chi connectivity index (χ0n) is 7.02. The van der Waals surface area contributed by atoms with Crippen molar-refractivity contribution in [3.63, 3.8) is 0 Å². The maximum absolute atomic E-state index is 10.8. The molecule has 0 spiro atoms. The number of rotatable bonds is 3. The molecule has 2 amide bonds. The molecule has 1 aliphatic rings. The Labute approximate surface area is 70.9 Å². The number of carbonyl (C=O) groups is 2. The van der Waals surface area contributed by atoms with Crippen LogP contribution in [-0.4, -0.2) is 38.0 Å². The Morgan fingerprint density at radius 1 is 1.75 bits per heavy atom. The van der Waals surface area contributed by atoms with E-state index in [1.807, 2.05) is 0 Å². The molecule has 1 atom stereocenters. The molecule has 1 unspecified atom stereocenters. The second kappa shape index (κ2) is 4.06. The molecule has 5 nitrogen and oxygen atoms in total. The van der Waals surface area contributed by atoms with E-state index in [0.717, 1.165) is 0 Å². The first-order valence-electron chi connectivity index (χ1n) is 3.93. The van der Waals surface area contributed by atoms with Crippen molar-refractivity contribution in [1.82, 2.24) is 16.0 Å². The summed E-state index contributed by atoms with van der Waals surface area (Å²) in [5.74, 6) is -0.0150. The number of carbonyl (C=O) groups excluding carboxylic acids is 2. The number of hydrogen-bond acceptors (Lipinski definition) is 3. The van der Waals surface area contributed by atoms with Crippen LogP contribution in [0.4, 0.5) is 0 Å². The molecule has 1 aliphatic heterocycles. The highest BCUT2D eigenvalue weighted by Crippen LogP contribution is 1.97. The predicted octanol–water partition coefficient (Wildman–Crippen LogP) is -1.79. The monoisotopic (exact) mass is 171 g/mol. The minimum atomic E-state index is -0.0608. The van der Waals surface area contributed by atoms with Crippen LogP contribution < -0.4 is 16.0 Å². The van der Waals surface area contributed by atoms with Crippen molar-refractivity contribution >= 4 is 11.8 Å². The van der Waals surface area contributed by atoms with Crippen LogP contribution in [0.15, 0.2) is 0 Å². The van der Waals surface area contributed by atoms with Gasteiger partial charge in [-0.15, -0.1) is 0 Å². The molecule has 12 heavy (non-hydrogen) atoms. The molecule has 0 aromatic carbocycles. The van der Waals surface area contributed by atoms with Gasteiger partial charge in [-0.2, -0.15) is 0 Å². The lowest BCUT2D eigenvalue weighted by atomic mass is 10.2. The fraction of sp³-hybridized carbons (Fsp3) is 0.714. The summed E-state index contributed by atoms with van der Waals surface area (Å²) in [6, 6.07) is 0.106. The van der Waals surface area contributed by atoms with Crippen LogP contribution in [-0.2, 0) is 9.59 Å². The molecule has 1 saturated heterocycles. The van der Waals surface area contributed by atoms with Gasteiger partial charge in [0.1, 0.15) is 0 Å². The summed E-state index contributed by atoms with van der Waals surface area (Å²) in [6.45, 7) is 0.895. The van der Waals surface area contributed by atoms with E-state index in [4.69, 9.17) is 0 Å². The molecule has 1 rings (SSSR count). The third-order valence-electron chi connectivity index (χ3n) is 1.81. The fourth-order valence-corrected chi connectivity index (χ4v) is 1.07. The van der Waals surface area contributed by atoms with Gasteiger partial charge < -0.3 is 16.0 Å². The van der Waals surface area contributed by atoms with Crippen molar-refractivity contribution in [1.29, 1.82) is 0 Å². The van der Waals surface area contributed by atoms with Gasteiger partial charge in [0.05, 0.1) is 6.54 Å². The molecule has 0 bridgehead atoms. The van der Waals surface area contributed by atoms with E-state index in [0.29, 0.717) is 13.0 Å². The largest absolute Gasteiger partial charge is 0.358 e. The first-order valence-corrected chi connectivity index (χ1v) is 3.93. The van der Waals surface area contributed by atoms with Crippen LogP contribution in [0, 0.1) is 0 Å². The quantitative estimate of drug-likeness (QED) is 0.469. The van der Waals surface area contributed by atoms with Gasteiger partial charge >= 0.3 is 0 Å². The van der Waals surface area contributed by atoms with Crippen molar-refractivity contribution in [2.24, 2.45) is 0 Å². The van der Waals surface area contributed by atoms with Gasteiger partial charge in [0.15, 0.2) is 0 Å². The minimum absolute atomic E-state index is 0.0457. The molecule has 5 heteroatoms.